The summed E-state index contributed by atoms with van der Waals surface area (Å²) >= 11 is 0. The molecule has 1 N–H and O–H groups in total. The molecule has 0 saturated heterocycles. The largest absolute Gasteiger partial charge is 0.394 e. The smallest absolute Gasteiger partial charge is 0.248 e. The number of amides is 1. The number of hydrogen-bond donors (Lipinski definition) is 1. The van der Waals surface area contributed by atoms with Crippen LogP contribution in [-0.4, -0.2) is 44.7 Å². The number of aromatic nitrogens is 2. The Balaban J connectivity index is 2.22. The van der Waals surface area contributed by atoms with Gasteiger partial charge in [-0.3, -0.25) is 9.48 Å². The van der Waals surface area contributed by atoms with Crippen molar-refractivity contribution in [3.05, 3.63) is 18.0 Å². The van der Waals surface area contributed by atoms with E-state index in [9.17, 15) is 4.79 Å². The fourth-order valence-electron chi connectivity index (χ4n) is 1.54. The Morgan fingerprint density at radius 2 is 2.40 bits per heavy atom. The van der Waals surface area contributed by atoms with Gasteiger partial charge in [-0.05, 0) is 6.07 Å². The minimum Gasteiger partial charge on any atom is -0.394 e. The van der Waals surface area contributed by atoms with E-state index in [-0.39, 0.29) is 25.5 Å². The molecule has 80 valence electrons. The molecule has 15 heavy (non-hydrogen) atoms. The monoisotopic (exact) mass is 208 g/mol. The summed E-state index contributed by atoms with van der Waals surface area (Å²) in [6.45, 7) is 0.175. The van der Waals surface area contributed by atoms with E-state index >= 15 is 0 Å². The molecule has 0 bridgehead atoms. The van der Waals surface area contributed by atoms with Crippen molar-refractivity contribution in [1.29, 1.82) is 0 Å². The molecule has 0 aliphatic carbocycles. The van der Waals surface area contributed by atoms with Crippen LogP contribution in [0.2, 0.25) is 0 Å². The van der Waals surface area contributed by atoms with Gasteiger partial charge in [0, 0.05) is 13.2 Å². The van der Waals surface area contributed by atoms with Gasteiger partial charge in [-0.2, -0.15) is 10.2 Å². The molecule has 0 atom stereocenters. The third-order valence-corrected chi connectivity index (χ3v) is 2.28. The predicted molar refractivity (Wildman–Crippen MR) is 53.2 cm³/mol. The minimum absolute atomic E-state index is 0.0755. The predicted octanol–water partition coefficient (Wildman–Crippen LogP) is -0.651. The molecule has 0 unspecified atom stereocenters. The van der Waals surface area contributed by atoms with Gasteiger partial charge in [-0.25, -0.2) is 5.01 Å². The van der Waals surface area contributed by atoms with E-state index < -0.39 is 0 Å². The minimum atomic E-state index is -0.0831. The van der Waals surface area contributed by atoms with Crippen LogP contribution in [0.15, 0.2) is 17.4 Å². The van der Waals surface area contributed by atoms with E-state index in [1.165, 1.54) is 5.01 Å². The standard InChI is InChI=1S/C9H12N4O2/c1-12-8(2-3-10-12)7-6-9(15)13(11-7)4-5-14/h2-3,14H,4-6H2,1H3. The molecule has 0 fully saturated rings. The van der Waals surface area contributed by atoms with Gasteiger partial charge in [-0.1, -0.05) is 0 Å². The average molecular weight is 208 g/mol. The fourth-order valence-corrected chi connectivity index (χ4v) is 1.54. The zero-order valence-corrected chi connectivity index (χ0v) is 8.42. The number of carbonyl (C=O) groups excluding carboxylic acids is 1. The van der Waals surface area contributed by atoms with Gasteiger partial charge in [0.05, 0.1) is 31.0 Å². The second kappa shape index (κ2) is 3.82. The lowest BCUT2D eigenvalue weighted by Gasteiger charge is -2.07. The SMILES string of the molecule is Cn1nccc1C1=NN(CCO)C(=O)C1. The van der Waals surface area contributed by atoms with Crippen LogP contribution in [0.4, 0.5) is 0 Å². The topological polar surface area (TPSA) is 70.7 Å². The molecule has 6 nitrogen and oxygen atoms in total. The van der Waals surface area contributed by atoms with Crippen molar-refractivity contribution in [3.8, 4) is 0 Å². The second-order valence-electron chi connectivity index (χ2n) is 3.30. The van der Waals surface area contributed by atoms with Crippen LogP contribution < -0.4 is 0 Å². The van der Waals surface area contributed by atoms with Crippen LogP contribution in [0.1, 0.15) is 12.1 Å². The van der Waals surface area contributed by atoms with Crippen molar-refractivity contribution in [1.82, 2.24) is 14.8 Å². The number of nitrogens with zero attached hydrogens (tertiary/aromatic N) is 4. The summed E-state index contributed by atoms with van der Waals surface area (Å²) in [5.74, 6) is -0.0831. The van der Waals surface area contributed by atoms with Gasteiger partial charge >= 0.3 is 0 Å². The maximum atomic E-state index is 11.5. The molecular weight excluding hydrogens is 196 g/mol. The molecule has 0 spiro atoms. The Bertz CT molecular complexity index is 410. The highest BCUT2D eigenvalue weighted by Gasteiger charge is 2.25. The number of rotatable bonds is 3. The molecule has 1 aromatic heterocycles. The maximum Gasteiger partial charge on any atom is 0.248 e. The first-order valence-corrected chi connectivity index (χ1v) is 4.69. The summed E-state index contributed by atoms with van der Waals surface area (Å²) in [6, 6.07) is 1.81. The first-order valence-electron chi connectivity index (χ1n) is 4.69. The first kappa shape index (κ1) is 9.85. The maximum absolute atomic E-state index is 11.5. The van der Waals surface area contributed by atoms with Crippen LogP contribution >= 0.6 is 0 Å². The van der Waals surface area contributed by atoms with E-state index in [4.69, 9.17) is 5.11 Å². The molecule has 1 aliphatic heterocycles. The van der Waals surface area contributed by atoms with Crippen LogP contribution in [0.3, 0.4) is 0 Å². The van der Waals surface area contributed by atoms with Crippen LogP contribution in [0.5, 0.6) is 0 Å². The Morgan fingerprint density at radius 3 is 3.00 bits per heavy atom. The number of aryl methyl sites for hydroxylation is 1. The molecule has 2 heterocycles. The van der Waals surface area contributed by atoms with E-state index in [1.807, 2.05) is 6.07 Å². The van der Waals surface area contributed by atoms with Crippen molar-refractivity contribution < 1.29 is 9.90 Å². The Morgan fingerprint density at radius 1 is 1.60 bits per heavy atom. The highest BCUT2D eigenvalue weighted by molar-refractivity contribution is 6.12. The Labute approximate surface area is 86.8 Å². The van der Waals surface area contributed by atoms with Crippen LogP contribution in [-0.2, 0) is 11.8 Å². The molecule has 2 rings (SSSR count). The molecule has 0 radical (unpaired) electrons. The highest BCUT2D eigenvalue weighted by Crippen LogP contribution is 2.13. The summed E-state index contributed by atoms with van der Waals surface area (Å²) in [5.41, 5.74) is 1.54. The summed E-state index contributed by atoms with van der Waals surface area (Å²) in [5, 5.41) is 18.2. The van der Waals surface area contributed by atoms with Gasteiger partial charge < -0.3 is 5.11 Å². The lowest BCUT2D eigenvalue weighted by molar-refractivity contribution is -0.129. The van der Waals surface area contributed by atoms with Crippen molar-refractivity contribution >= 4 is 11.6 Å². The van der Waals surface area contributed by atoms with Crippen molar-refractivity contribution in [3.63, 3.8) is 0 Å². The molecule has 0 saturated carbocycles. The Kier molecular flexibility index (Phi) is 2.51. The van der Waals surface area contributed by atoms with Crippen molar-refractivity contribution in [2.75, 3.05) is 13.2 Å². The lowest BCUT2D eigenvalue weighted by atomic mass is 10.2. The van der Waals surface area contributed by atoms with Crippen LogP contribution in [0.25, 0.3) is 0 Å². The lowest BCUT2D eigenvalue weighted by Crippen LogP contribution is -2.23. The summed E-state index contributed by atoms with van der Waals surface area (Å²) in [4.78, 5) is 11.5. The van der Waals surface area contributed by atoms with Crippen molar-refractivity contribution in [2.45, 2.75) is 6.42 Å². The average Bonchev–Trinajstić information content (AvgIpc) is 2.75. The number of carbonyl (C=O) groups is 1. The molecular formula is C9H12N4O2. The molecule has 1 aliphatic rings. The number of hydrazone groups is 1. The number of aliphatic hydroxyl groups excluding tert-OH is 1. The molecule has 1 amide bonds. The number of β-amino-alcohol motifs (C(OH)–C–C–N with tert-alkyl or cyclic N) is 1. The van der Waals surface area contributed by atoms with Gasteiger partial charge in [0.2, 0.25) is 5.91 Å². The first-order chi connectivity index (χ1) is 7.22. The van der Waals surface area contributed by atoms with Crippen molar-refractivity contribution in [2.24, 2.45) is 12.1 Å². The highest BCUT2D eigenvalue weighted by atomic mass is 16.3. The third-order valence-electron chi connectivity index (χ3n) is 2.28. The zero-order chi connectivity index (χ0) is 10.8. The fraction of sp³-hybridized carbons (Fsp3) is 0.444. The van der Waals surface area contributed by atoms with E-state index in [0.29, 0.717) is 5.71 Å². The molecule has 6 heteroatoms. The van der Waals surface area contributed by atoms with E-state index in [1.54, 1.807) is 17.9 Å². The zero-order valence-electron chi connectivity index (χ0n) is 8.42. The van der Waals surface area contributed by atoms with Gasteiger partial charge in [0.15, 0.2) is 0 Å². The summed E-state index contributed by atoms with van der Waals surface area (Å²) in [7, 11) is 1.80. The summed E-state index contributed by atoms with van der Waals surface area (Å²) < 4.78 is 1.68. The van der Waals surface area contributed by atoms with Gasteiger partial charge in [-0.15, -0.1) is 0 Å². The number of aliphatic hydroxyl groups is 1. The van der Waals surface area contributed by atoms with Gasteiger partial charge in [0.1, 0.15) is 0 Å². The van der Waals surface area contributed by atoms with E-state index in [0.717, 1.165) is 5.69 Å². The molecule has 1 aromatic rings. The molecule has 0 aromatic carbocycles. The summed E-state index contributed by atoms with van der Waals surface area (Å²) in [6.07, 6.45) is 1.94. The van der Waals surface area contributed by atoms with E-state index in [2.05, 4.69) is 10.2 Å². The second-order valence-corrected chi connectivity index (χ2v) is 3.30. The third kappa shape index (κ3) is 1.75. The number of hydrogen-bond acceptors (Lipinski definition) is 4. The quantitative estimate of drug-likeness (QED) is 0.717. The van der Waals surface area contributed by atoms with Gasteiger partial charge in [0.25, 0.3) is 0 Å². The normalized spacial score (nSPS) is 16.0. The Hall–Kier alpha value is -1.69. The van der Waals surface area contributed by atoms with Crippen LogP contribution in [0, 0.1) is 0 Å².